The number of rotatable bonds is 7. The number of aromatic nitrogens is 1. The Morgan fingerprint density at radius 3 is 2.10 bits per heavy atom. The maximum atomic E-state index is 11.3. The third-order valence-electron chi connectivity index (χ3n) is 4.56. The highest BCUT2D eigenvalue weighted by atomic mass is 16.5. The molecule has 0 amide bonds. The van der Waals surface area contributed by atoms with Gasteiger partial charge in [0.2, 0.25) is 0 Å². The quantitative estimate of drug-likeness (QED) is 0.444. The number of benzene rings is 3. The van der Waals surface area contributed by atoms with Crippen molar-refractivity contribution in [3.8, 4) is 39.6 Å². The molecule has 0 aliphatic rings. The first kappa shape index (κ1) is 19.3. The number of aliphatic carboxylic acids is 1. The number of hydrogen-bond acceptors (Lipinski definition) is 5. The van der Waals surface area contributed by atoms with Crippen LogP contribution in [0, 0.1) is 0 Å². The average Bonchev–Trinajstić information content (AvgIpc) is 3.18. The van der Waals surface area contributed by atoms with Crippen LogP contribution in [-0.4, -0.2) is 23.3 Å². The molecule has 30 heavy (non-hydrogen) atoms. The van der Waals surface area contributed by atoms with Gasteiger partial charge in [-0.15, -0.1) is 0 Å². The maximum Gasteiger partial charge on any atom is 0.311 e. The van der Waals surface area contributed by atoms with Crippen LogP contribution in [0.15, 0.2) is 83.4 Å². The maximum absolute atomic E-state index is 11.3. The van der Waals surface area contributed by atoms with Crippen LogP contribution in [-0.2, 0) is 11.2 Å². The number of carboxylic acid groups (broad SMARTS) is 1. The molecule has 0 aliphatic carbocycles. The van der Waals surface area contributed by atoms with E-state index in [0.29, 0.717) is 22.8 Å². The molecule has 1 heterocycles. The average molecular weight is 401 g/mol. The SMILES string of the molecule is COc1ccc(-c2noc(CC(=O)O)c2-c2ccc(Oc3ccccc3)cc2)cc1. The summed E-state index contributed by atoms with van der Waals surface area (Å²) in [5.74, 6) is 1.44. The fourth-order valence-electron chi connectivity index (χ4n) is 3.14. The smallest absolute Gasteiger partial charge is 0.311 e. The van der Waals surface area contributed by atoms with Gasteiger partial charge in [0.15, 0.2) is 5.76 Å². The molecule has 0 atom stereocenters. The zero-order chi connectivity index (χ0) is 20.9. The van der Waals surface area contributed by atoms with E-state index in [1.165, 1.54) is 0 Å². The van der Waals surface area contributed by atoms with Crippen LogP contribution in [0.3, 0.4) is 0 Å². The van der Waals surface area contributed by atoms with Crippen LogP contribution >= 0.6 is 0 Å². The fraction of sp³-hybridized carbons (Fsp3) is 0.0833. The van der Waals surface area contributed by atoms with Gasteiger partial charge in [-0.05, 0) is 54.1 Å². The molecule has 0 saturated carbocycles. The van der Waals surface area contributed by atoms with Crippen LogP contribution in [0.1, 0.15) is 5.76 Å². The molecule has 0 saturated heterocycles. The number of carbonyl (C=O) groups is 1. The summed E-state index contributed by atoms with van der Waals surface area (Å²) >= 11 is 0. The number of ether oxygens (including phenoxy) is 2. The highest BCUT2D eigenvalue weighted by Crippen LogP contribution is 2.36. The van der Waals surface area contributed by atoms with Gasteiger partial charge in [-0.2, -0.15) is 0 Å². The summed E-state index contributed by atoms with van der Waals surface area (Å²) in [5, 5.41) is 13.4. The molecule has 0 radical (unpaired) electrons. The Labute approximate surface area is 173 Å². The second-order valence-electron chi connectivity index (χ2n) is 6.57. The Hall–Kier alpha value is -4.06. The van der Waals surface area contributed by atoms with Crippen molar-refractivity contribution in [2.75, 3.05) is 7.11 Å². The van der Waals surface area contributed by atoms with Crippen LogP contribution in [0.25, 0.3) is 22.4 Å². The molecule has 0 spiro atoms. The zero-order valence-electron chi connectivity index (χ0n) is 16.2. The van der Waals surface area contributed by atoms with Gasteiger partial charge in [0, 0.05) is 5.56 Å². The first-order valence-corrected chi connectivity index (χ1v) is 9.32. The first-order valence-electron chi connectivity index (χ1n) is 9.32. The normalized spacial score (nSPS) is 10.6. The van der Waals surface area contributed by atoms with Gasteiger partial charge in [-0.25, -0.2) is 0 Å². The van der Waals surface area contributed by atoms with Gasteiger partial charge in [0.1, 0.15) is 29.4 Å². The molecule has 6 heteroatoms. The second-order valence-corrected chi connectivity index (χ2v) is 6.57. The lowest BCUT2D eigenvalue weighted by Crippen LogP contribution is -2.00. The van der Waals surface area contributed by atoms with Crippen molar-refractivity contribution in [3.05, 3.63) is 84.6 Å². The molecule has 1 N–H and O–H groups in total. The van der Waals surface area contributed by atoms with Crippen molar-refractivity contribution in [1.82, 2.24) is 5.16 Å². The molecule has 4 rings (SSSR count). The predicted molar refractivity (Wildman–Crippen MR) is 112 cm³/mol. The lowest BCUT2D eigenvalue weighted by Gasteiger charge is -2.08. The van der Waals surface area contributed by atoms with Crippen LogP contribution in [0.2, 0.25) is 0 Å². The van der Waals surface area contributed by atoms with Gasteiger partial charge in [-0.1, -0.05) is 35.5 Å². The topological polar surface area (TPSA) is 81.8 Å². The Morgan fingerprint density at radius 2 is 1.47 bits per heavy atom. The van der Waals surface area contributed by atoms with Crippen molar-refractivity contribution < 1.29 is 23.9 Å². The zero-order valence-corrected chi connectivity index (χ0v) is 16.2. The predicted octanol–water partition coefficient (Wildman–Crippen LogP) is 5.44. The number of methoxy groups -OCH3 is 1. The minimum Gasteiger partial charge on any atom is -0.497 e. The van der Waals surface area contributed by atoms with Gasteiger partial charge >= 0.3 is 5.97 Å². The van der Waals surface area contributed by atoms with Crippen molar-refractivity contribution in [1.29, 1.82) is 0 Å². The minimum atomic E-state index is -0.988. The molecule has 150 valence electrons. The van der Waals surface area contributed by atoms with E-state index in [2.05, 4.69) is 5.16 Å². The largest absolute Gasteiger partial charge is 0.497 e. The van der Waals surface area contributed by atoms with E-state index in [1.807, 2.05) is 78.9 Å². The number of hydrogen-bond donors (Lipinski definition) is 1. The summed E-state index contributed by atoms with van der Waals surface area (Å²) < 4.78 is 16.4. The molecular weight excluding hydrogens is 382 g/mol. The van der Waals surface area contributed by atoms with E-state index in [0.717, 1.165) is 22.6 Å². The summed E-state index contributed by atoms with van der Waals surface area (Å²) in [6.45, 7) is 0. The summed E-state index contributed by atoms with van der Waals surface area (Å²) in [4.78, 5) is 11.3. The molecule has 3 aromatic carbocycles. The van der Waals surface area contributed by atoms with Crippen LogP contribution < -0.4 is 9.47 Å². The van der Waals surface area contributed by atoms with Crippen molar-refractivity contribution in [3.63, 3.8) is 0 Å². The summed E-state index contributed by atoms with van der Waals surface area (Å²) in [7, 11) is 1.60. The molecule has 0 aliphatic heterocycles. The number of carboxylic acids is 1. The molecule has 6 nitrogen and oxygen atoms in total. The number of para-hydroxylation sites is 1. The standard InChI is InChI=1S/C24H19NO5/c1-28-18-11-9-17(10-12-18)24-23(21(30-25-24)15-22(26)27)16-7-13-20(14-8-16)29-19-5-3-2-4-6-19/h2-14H,15H2,1H3,(H,26,27). The van der Waals surface area contributed by atoms with E-state index in [4.69, 9.17) is 14.0 Å². The summed E-state index contributed by atoms with van der Waals surface area (Å²) in [6.07, 6.45) is -0.263. The monoisotopic (exact) mass is 401 g/mol. The van der Waals surface area contributed by atoms with Crippen molar-refractivity contribution in [2.45, 2.75) is 6.42 Å². The second kappa shape index (κ2) is 8.53. The van der Waals surface area contributed by atoms with E-state index < -0.39 is 5.97 Å². The highest BCUT2D eigenvalue weighted by Gasteiger charge is 2.21. The molecule has 0 bridgehead atoms. The third-order valence-corrected chi connectivity index (χ3v) is 4.56. The molecule has 1 aromatic heterocycles. The molecule has 0 fully saturated rings. The molecule has 0 unspecified atom stereocenters. The Bertz CT molecular complexity index is 1130. The van der Waals surface area contributed by atoms with Gasteiger partial charge in [0.25, 0.3) is 0 Å². The van der Waals surface area contributed by atoms with Crippen LogP contribution in [0.4, 0.5) is 0 Å². The Morgan fingerprint density at radius 1 is 0.867 bits per heavy atom. The van der Waals surface area contributed by atoms with Crippen molar-refractivity contribution in [2.24, 2.45) is 0 Å². The van der Waals surface area contributed by atoms with E-state index in [-0.39, 0.29) is 6.42 Å². The molecule has 4 aromatic rings. The fourth-order valence-corrected chi connectivity index (χ4v) is 3.14. The number of nitrogens with zero attached hydrogens (tertiary/aromatic N) is 1. The third kappa shape index (κ3) is 4.17. The lowest BCUT2D eigenvalue weighted by molar-refractivity contribution is -0.136. The van der Waals surface area contributed by atoms with Gasteiger partial charge < -0.3 is 19.1 Å². The molecular formula is C24H19NO5. The van der Waals surface area contributed by atoms with E-state index in [9.17, 15) is 9.90 Å². The summed E-state index contributed by atoms with van der Waals surface area (Å²) in [6, 6.07) is 24.2. The van der Waals surface area contributed by atoms with Crippen LogP contribution in [0.5, 0.6) is 17.2 Å². The first-order chi connectivity index (χ1) is 14.6. The highest BCUT2D eigenvalue weighted by molar-refractivity contribution is 5.85. The Kier molecular flexibility index (Phi) is 5.48. The van der Waals surface area contributed by atoms with Gasteiger partial charge in [-0.3, -0.25) is 4.79 Å². The van der Waals surface area contributed by atoms with E-state index in [1.54, 1.807) is 7.11 Å². The Balaban J connectivity index is 1.70. The van der Waals surface area contributed by atoms with E-state index >= 15 is 0 Å². The van der Waals surface area contributed by atoms with Crippen molar-refractivity contribution >= 4 is 5.97 Å². The lowest BCUT2D eigenvalue weighted by atomic mass is 9.98. The minimum absolute atomic E-state index is 0.263. The summed E-state index contributed by atoms with van der Waals surface area (Å²) in [5.41, 5.74) is 2.81. The van der Waals surface area contributed by atoms with Gasteiger partial charge in [0.05, 0.1) is 12.7 Å².